The minimum Gasteiger partial charge on any atom is -0.495 e. The molecule has 0 radical (unpaired) electrons. The Bertz CT molecular complexity index is 610. The van der Waals surface area contributed by atoms with Crippen molar-refractivity contribution < 1.29 is 9.53 Å². The van der Waals surface area contributed by atoms with Gasteiger partial charge in [0.15, 0.2) is 11.5 Å². The van der Waals surface area contributed by atoms with E-state index < -0.39 is 5.91 Å². The number of anilines is 1. The van der Waals surface area contributed by atoms with Crippen molar-refractivity contribution in [2.75, 3.05) is 12.8 Å². The number of methoxy groups -OCH3 is 1. The molecule has 18 heavy (non-hydrogen) atoms. The Labute approximate surface area is 107 Å². The summed E-state index contributed by atoms with van der Waals surface area (Å²) in [4.78, 5) is 11.0. The molecule has 1 heterocycles. The molecule has 0 aliphatic carbocycles. The van der Waals surface area contributed by atoms with Gasteiger partial charge >= 0.3 is 0 Å². The number of halogens is 1. The minimum absolute atomic E-state index is 0.0590. The van der Waals surface area contributed by atoms with E-state index in [9.17, 15) is 4.79 Å². The Balaban J connectivity index is 2.49. The summed E-state index contributed by atoms with van der Waals surface area (Å²) in [6.45, 7) is 0. The van der Waals surface area contributed by atoms with Crippen LogP contribution in [0.25, 0.3) is 5.69 Å². The van der Waals surface area contributed by atoms with E-state index in [0.717, 1.165) is 0 Å². The highest BCUT2D eigenvalue weighted by Gasteiger charge is 2.16. The van der Waals surface area contributed by atoms with Crippen molar-refractivity contribution >= 4 is 23.3 Å². The van der Waals surface area contributed by atoms with Gasteiger partial charge in [-0.05, 0) is 18.2 Å². The number of benzene rings is 1. The van der Waals surface area contributed by atoms with Crippen LogP contribution in [0.3, 0.4) is 0 Å². The fourth-order valence-corrected chi connectivity index (χ4v) is 1.69. The lowest BCUT2D eigenvalue weighted by Crippen LogP contribution is -2.14. The monoisotopic (exact) mass is 267 g/mol. The van der Waals surface area contributed by atoms with E-state index in [2.05, 4.69) is 10.3 Å². The molecule has 8 heteroatoms. The van der Waals surface area contributed by atoms with Crippen molar-refractivity contribution in [3.8, 4) is 11.4 Å². The van der Waals surface area contributed by atoms with Crippen LogP contribution in [-0.2, 0) is 0 Å². The van der Waals surface area contributed by atoms with Crippen LogP contribution in [0.15, 0.2) is 18.2 Å². The van der Waals surface area contributed by atoms with E-state index >= 15 is 0 Å². The van der Waals surface area contributed by atoms with Gasteiger partial charge in [0, 0.05) is 0 Å². The fourth-order valence-electron chi connectivity index (χ4n) is 1.44. The quantitative estimate of drug-likeness (QED) is 0.847. The molecule has 94 valence electrons. The van der Waals surface area contributed by atoms with Gasteiger partial charge in [-0.1, -0.05) is 16.8 Å². The number of amides is 1. The third-order valence-corrected chi connectivity index (χ3v) is 2.61. The summed E-state index contributed by atoms with van der Waals surface area (Å²) in [6.07, 6.45) is 0. The Morgan fingerprint density at radius 3 is 2.72 bits per heavy atom. The minimum atomic E-state index is -0.738. The van der Waals surface area contributed by atoms with Gasteiger partial charge in [0.05, 0.1) is 17.8 Å². The lowest BCUT2D eigenvalue weighted by molar-refractivity contribution is 0.0996. The lowest BCUT2D eigenvalue weighted by atomic mass is 10.3. The number of nitrogens with zero attached hydrogens (tertiary/aromatic N) is 3. The van der Waals surface area contributed by atoms with E-state index in [4.69, 9.17) is 27.8 Å². The van der Waals surface area contributed by atoms with Gasteiger partial charge in [-0.2, -0.15) is 4.68 Å². The second-order valence-corrected chi connectivity index (χ2v) is 3.83. The topological polar surface area (TPSA) is 109 Å². The number of nitrogens with two attached hydrogens (primary N) is 2. The molecule has 0 atom stereocenters. The molecule has 0 unspecified atom stereocenters. The van der Waals surface area contributed by atoms with E-state index in [-0.39, 0.29) is 11.5 Å². The maximum Gasteiger partial charge on any atom is 0.273 e. The van der Waals surface area contributed by atoms with Crippen LogP contribution >= 0.6 is 11.6 Å². The Morgan fingerprint density at radius 1 is 1.50 bits per heavy atom. The summed E-state index contributed by atoms with van der Waals surface area (Å²) in [5, 5.41) is 7.74. The van der Waals surface area contributed by atoms with Gasteiger partial charge in [-0.3, -0.25) is 4.79 Å². The SMILES string of the molecule is COc1ccc(-n2nnc(C(N)=O)c2N)cc1Cl. The first-order chi connectivity index (χ1) is 8.54. The molecule has 4 N–H and O–H groups in total. The van der Waals surface area contributed by atoms with Gasteiger partial charge in [0.2, 0.25) is 0 Å². The molecule has 0 aliphatic heterocycles. The second kappa shape index (κ2) is 4.53. The number of primary amides is 1. The van der Waals surface area contributed by atoms with Gasteiger partial charge in [0.25, 0.3) is 5.91 Å². The first-order valence-electron chi connectivity index (χ1n) is 4.89. The molecule has 0 bridgehead atoms. The van der Waals surface area contributed by atoms with E-state index in [0.29, 0.717) is 16.5 Å². The number of hydrogen-bond acceptors (Lipinski definition) is 5. The van der Waals surface area contributed by atoms with Crippen LogP contribution < -0.4 is 16.2 Å². The maximum atomic E-state index is 11.0. The van der Waals surface area contributed by atoms with Crippen LogP contribution in [-0.4, -0.2) is 28.0 Å². The van der Waals surface area contributed by atoms with Crippen LogP contribution in [0, 0.1) is 0 Å². The summed E-state index contributed by atoms with van der Waals surface area (Å²) >= 11 is 5.98. The third kappa shape index (κ3) is 1.95. The van der Waals surface area contributed by atoms with Crippen molar-refractivity contribution in [3.05, 3.63) is 28.9 Å². The lowest BCUT2D eigenvalue weighted by Gasteiger charge is -2.06. The van der Waals surface area contributed by atoms with Gasteiger partial charge < -0.3 is 16.2 Å². The highest BCUT2D eigenvalue weighted by molar-refractivity contribution is 6.32. The summed E-state index contributed by atoms with van der Waals surface area (Å²) in [6, 6.07) is 4.93. The zero-order valence-electron chi connectivity index (χ0n) is 9.42. The largest absolute Gasteiger partial charge is 0.495 e. The first-order valence-corrected chi connectivity index (χ1v) is 5.27. The summed E-state index contributed by atoms with van der Waals surface area (Å²) in [7, 11) is 1.51. The van der Waals surface area contributed by atoms with Crippen LogP contribution in [0.5, 0.6) is 5.75 Å². The second-order valence-electron chi connectivity index (χ2n) is 3.42. The summed E-state index contributed by atoms with van der Waals surface area (Å²) in [5.74, 6) is -0.156. The molecular weight excluding hydrogens is 258 g/mol. The molecule has 0 saturated heterocycles. The van der Waals surface area contributed by atoms with Crippen molar-refractivity contribution in [1.82, 2.24) is 15.0 Å². The number of carbonyl (C=O) groups is 1. The number of ether oxygens (including phenoxy) is 1. The standard InChI is InChI=1S/C10H10ClN5O2/c1-18-7-3-2-5(4-6(7)11)16-9(12)8(10(13)17)14-15-16/h2-4H,12H2,1H3,(H2,13,17). The number of rotatable bonds is 3. The van der Waals surface area contributed by atoms with Crippen molar-refractivity contribution in [3.63, 3.8) is 0 Å². The molecule has 1 aromatic carbocycles. The highest BCUT2D eigenvalue weighted by Crippen LogP contribution is 2.27. The predicted octanol–water partition coefficient (Wildman–Crippen LogP) is 0.610. The summed E-state index contributed by atoms with van der Waals surface area (Å²) < 4.78 is 6.30. The average molecular weight is 268 g/mol. The van der Waals surface area contributed by atoms with Gasteiger partial charge in [-0.15, -0.1) is 5.10 Å². The van der Waals surface area contributed by atoms with Crippen molar-refractivity contribution in [2.45, 2.75) is 0 Å². The molecule has 0 fully saturated rings. The fraction of sp³-hybridized carbons (Fsp3) is 0.100. The predicted molar refractivity (Wildman–Crippen MR) is 65.9 cm³/mol. The Morgan fingerprint density at radius 2 is 2.22 bits per heavy atom. The molecule has 0 spiro atoms. The van der Waals surface area contributed by atoms with Crippen molar-refractivity contribution in [2.24, 2.45) is 5.73 Å². The molecule has 7 nitrogen and oxygen atoms in total. The molecular formula is C10H10ClN5O2. The van der Waals surface area contributed by atoms with Crippen LogP contribution in [0.1, 0.15) is 10.5 Å². The van der Waals surface area contributed by atoms with Crippen molar-refractivity contribution in [1.29, 1.82) is 0 Å². The molecule has 2 aromatic rings. The number of hydrogen-bond donors (Lipinski definition) is 2. The highest BCUT2D eigenvalue weighted by atomic mass is 35.5. The van der Waals surface area contributed by atoms with E-state index in [1.807, 2.05) is 0 Å². The zero-order valence-corrected chi connectivity index (χ0v) is 10.2. The number of carbonyl (C=O) groups excluding carboxylic acids is 1. The van der Waals surface area contributed by atoms with Gasteiger partial charge in [-0.25, -0.2) is 0 Å². The van der Waals surface area contributed by atoms with E-state index in [1.54, 1.807) is 18.2 Å². The zero-order chi connectivity index (χ0) is 13.3. The number of aromatic nitrogens is 3. The first kappa shape index (κ1) is 12.2. The van der Waals surface area contributed by atoms with Gasteiger partial charge in [0.1, 0.15) is 5.75 Å². The Kier molecular flexibility index (Phi) is 3.07. The molecule has 2 rings (SSSR count). The molecule has 0 aliphatic rings. The van der Waals surface area contributed by atoms with Crippen LogP contribution in [0.2, 0.25) is 5.02 Å². The average Bonchev–Trinajstić information content (AvgIpc) is 2.71. The maximum absolute atomic E-state index is 11.0. The molecule has 1 aromatic heterocycles. The van der Waals surface area contributed by atoms with Crippen LogP contribution in [0.4, 0.5) is 5.82 Å². The smallest absolute Gasteiger partial charge is 0.273 e. The molecule has 0 saturated carbocycles. The number of nitrogen functional groups attached to an aromatic ring is 1. The summed E-state index contributed by atoms with van der Waals surface area (Å²) in [5.41, 5.74) is 11.3. The normalized spacial score (nSPS) is 10.3. The van der Waals surface area contributed by atoms with E-state index in [1.165, 1.54) is 11.8 Å². The molecule has 1 amide bonds. The Hall–Kier alpha value is -2.28. The third-order valence-electron chi connectivity index (χ3n) is 2.32.